The number of anilines is 1. The van der Waals surface area contributed by atoms with E-state index in [1.165, 1.54) is 11.3 Å². The van der Waals surface area contributed by atoms with E-state index in [1.54, 1.807) is 10.9 Å². The van der Waals surface area contributed by atoms with E-state index in [4.69, 9.17) is 4.74 Å². The number of fused-ring (bicyclic) bond motifs is 1. The van der Waals surface area contributed by atoms with E-state index < -0.39 is 0 Å². The molecule has 7 heteroatoms. The second-order valence-corrected chi connectivity index (χ2v) is 8.35. The van der Waals surface area contributed by atoms with Crippen LogP contribution in [0, 0.1) is 20.8 Å². The van der Waals surface area contributed by atoms with Crippen molar-refractivity contribution in [2.45, 2.75) is 46.3 Å². The van der Waals surface area contributed by atoms with Gasteiger partial charge in [-0.2, -0.15) is 0 Å². The summed E-state index contributed by atoms with van der Waals surface area (Å²) in [6.45, 7) is 7.01. The number of thiophene rings is 1. The van der Waals surface area contributed by atoms with E-state index in [2.05, 4.69) is 10.3 Å². The Kier molecular flexibility index (Phi) is 5.03. The molecule has 1 aromatic carbocycles. The Morgan fingerprint density at radius 3 is 2.93 bits per heavy atom. The lowest BCUT2D eigenvalue weighted by Gasteiger charge is -2.11. The van der Waals surface area contributed by atoms with Gasteiger partial charge in [0.15, 0.2) is 0 Å². The minimum absolute atomic E-state index is 0.0583. The van der Waals surface area contributed by atoms with Crippen LogP contribution in [0.25, 0.3) is 10.2 Å². The van der Waals surface area contributed by atoms with Gasteiger partial charge in [-0.05, 0) is 56.4 Å². The van der Waals surface area contributed by atoms with Crippen molar-refractivity contribution in [3.63, 3.8) is 0 Å². The molecular weight excluding hydrogens is 374 g/mol. The fraction of sp³-hybridized carbons (Fsp3) is 0.381. The summed E-state index contributed by atoms with van der Waals surface area (Å²) in [5, 5.41) is 3.50. The maximum atomic E-state index is 13.0. The van der Waals surface area contributed by atoms with Gasteiger partial charge in [0, 0.05) is 12.3 Å². The van der Waals surface area contributed by atoms with E-state index in [0.717, 1.165) is 36.3 Å². The number of carbonyl (C=O) groups excluding carboxylic acids is 1. The van der Waals surface area contributed by atoms with E-state index >= 15 is 0 Å². The summed E-state index contributed by atoms with van der Waals surface area (Å²) >= 11 is 1.26. The lowest BCUT2D eigenvalue weighted by Crippen LogP contribution is -2.26. The van der Waals surface area contributed by atoms with Crippen molar-refractivity contribution in [2.75, 3.05) is 11.9 Å². The van der Waals surface area contributed by atoms with Gasteiger partial charge in [-0.3, -0.25) is 14.2 Å². The molecule has 0 spiro atoms. The molecule has 1 atom stereocenters. The van der Waals surface area contributed by atoms with Gasteiger partial charge < -0.3 is 10.1 Å². The average molecular weight is 398 g/mol. The number of amides is 1. The van der Waals surface area contributed by atoms with Crippen LogP contribution in [0.4, 0.5) is 5.69 Å². The summed E-state index contributed by atoms with van der Waals surface area (Å²) in [5.74, 6) is -0.209. The second kappa shape index (κ2) is 7.48. The number of nitrogens with one attached hydrogen (secondary N) is 1. The molecule has 146 valence electrons. The molecule has 0 radical (unpaired) electrons. The largest absolute Gasteiger partial charge is 0.376 e. The van der Waals surface area contributed by atoms with E-state index in [0.29, 0.717) is 27.2 Å². The van der Waals surface area contributed by atoms with Gasteiger partial charge in [0.1, 0.15) is 4.83 Å². The Labute approximate surface area is 167 Å². The lowest BCUT2D eigenvalue weighted by molar-refractivity contribution is 0.0960. The quantitative estimate of drug-likeness (QED) is 0.726. The molecule has 0 aliphatic carbocycles. The molecule has 6 nitrogen and oxygen atoms in total. The van der Waals surface area contributed by atoms with E-state index in [1.807, 2.05) is 39.0 Å². The molecule has 1 N–H and O–H groups in total. The Bertz CT molecular complexity index is 1110. The molecule has 1 aliphatic heterocycles. The monoisotopic (exact) mass is 397 g/mol. The first-order valence-corrected chi connectivity index (χ1v) is 10.2. The van der Waals surface area contributed by atoms with Gasteiger partial charge in [-0.1, -0.05) is 12.1 Å². The summed E-state index contributed by atoms with van der Waals surface area (Å²) < 4.78 is 7.24. The summed E-state index contributed by atoms with van der Waals surface area (Å²) in [5.41, 5.74) is 3.43. The minimum atomic E-state index is -0.209. The van der Waals surface area contributed by atoms with Crippen molar-refractivity contribution in [1.29, 1.82) is 0 Å². The van der Waals surface area contributed by atoms with Gasteiger partial charge >= 0.3 is 0 Å². The summed E-state index contributed by atoms with van der Waals surface area (Å²) in [7, 11) is 0. The molecule has 1 amide bonds. The van der Waals surface area contributed by atoms with Crippen LogP contribution in [0.1, 0.15) is 39.2 Å². The number of ether oxygens (including phenoxy) is 1. The zero-order chi connectivity index (χ0) is 19.8. The lowest BCUT2D eigenvalue weighted by atomic mass is 10.1. The first-order valence-electron chi connectivity index (χ1n) is 9.43. The van der Waals surface area contributed by atoms with Gasteiger partial charge in [0.2, 0.25) is 0 Å². The molecule has 4 rings (SSSR count). The molecule has 3 heterocycles. The number of benzene rings is 1. The predicted molar refractivity (Wildman–Crippen MR) is 111 cm³/mol. The molecule has 0 bridgehead atoms. The standard InChI is InChI=1S/C21H23N3O3S/c1-12-6-7-13(2)16(9-12)23-19(25)18-14(3)17-20(28-18)22-11-24(21(17)26)10-15-5-4-8-27-15/h6-7,9,11,15H,4-5,8,10H2,1-3H3,(H,23,25)/t15-/m0/s1. The molecule has 1 saturated heterocycles. The highest BCUT2D eigenvalue weighted by molar-refractivity contribution is 7.20. The van der Waals surface area contributed by atoms with Crippen molar-refractivity contribution in [3.05, 3.63) is 56.4 Å². The summed E-state index contributed by atoms with van der Waals surface area (Å²) in [4.78, 5) is 31.4. The normalized spacial score (nSPS) is 16.6. The van der Waals surface area contributed by atoms with Gasteiger partial charge in [0.05, 0.1) is 29.2 Å². The fourth-order valence-corrected chi connectivity index (χ4v) is 4.60. The van der Waals surface area contributed by atoms with Crippen molar-refractivity contribution >= 4 is 33.1 Å². The Morgan fingerprint density at radius 2 is 2.18 bits per heavy atom. The van der Waals surface area contributed by atoms with E-state index in [-0.39, 0.29) is 17.6 Å². The molecular formula is C21H23N3O3S. The molecule has 3 aromatic rings. The molecule has 1 fully saturated rings. The van der Waals surface area contributed by atoms with Gasteiger partial charge in [-0.25, -0.2) is 4.98 Å². The number of rotatable bonds is 4. The van der Waals surface area contributed by atoms with Crippen LogP contribution < -0.4 is 10.9 Å². The van der Waals surface area contributed by atoms with Crippen LogP contribution in [0.15, 0.2) is 29.3 Å². The first-order chi connectivity index (χ1) is 13.4. The van der Waals surface area contributed by atoms with Crippen molar-refractivity contribution in [3.8, 4) is 0 Å². The highest BCUT2D eigenvalue weighted by Gasteiger charge is 2.22. The molecule has 28 heavy (non-hydrogen) atoms. The minimum Gasteiger partial charge on any atom is -0.376 e. The second-order valence-electron chi connectivity index (χ2n) is 7.35. The highest BCUT2D eigenvalue weighted by atomic mass is 32.1. The van der Waals surface area contributed by atoms with Crippen LogP contribution in [0.3, 0.4) is 0 Å². The number of carbonyl (C=O) groups is 1. The van der Waals surface area contributed by atoms with Crippen LogP contribution in [0.5, 0.6) is 0 Å². The number of nitrogens with zero attached hydrogens (tertiary/aromatic N) is 2. The Morgan fingerprint density at radius 1 is 1.36 bits per heavy atom. The molecule has 0 saturated carbocycles. The van der Waals surface area contributed by atoms with Crippen LogP contribution in [-0.4, -0.2) is 28.2 Å². The average Bonchev–Trinajstić information content (AvgIpc) is 3.29. The number of aryl methyl sites for hydroxylation is 3. The maximum Gasteiger partial charge on any atom is 0.266 e. The number of aromatic nitrogens is 2. The maximum absolute atomic E-state index is 13.0. The fourth-order valence-electron chi connectivity index (χ4n) is 3.56. The van der Waals surface area contributed by atoms with Crippen molar-refractivity contribution in [2.24, 2.45) is 0 Å². The van der Waals surface area contributed by atoms with Gasteiger partial charge in [0.25, 0.3) is 11.5 Å². The van der Waals surface area contributed by atoms with Gasteiger partial charge in [-0.15, -0.1) is 11.3 Å². The van der Waals surface area contributed by atoms with E-state index in [9.17, 15) is 9.59 Å². The Balaban J connectivity index is 1.67. The zero-order valence-corrected chi connectivity index (χ0v) is 17.1. The molecule has 2 aromatic heterocycles. The van der Waals surface area contributed by atoms with Crippen LogP contribution >= 0.6 is 11.3 Å². The first kappa shape index (κ1) is 18.8. The predicted octanol–water partition coefficient (Wildman–Crippen LogP) is 3.81. The summed E-state index contributed by atoms with van der Waals surface area (Å²) in [6.07, 6.45) is 3.60. The topological polar surface area (TPSA) is 73.2 Å². The Hall–Kier alpha value is -2.51. The van der Waals surface area contributed by atoms with Crippen LogP contribution in [0.2, 0.25) is 0 Å². The van der Waals surface area contributed by atoms with Crippen molar-refractivity contribution < 1.29 is 9.53 Å². The third-order valence-corrected chi connectivity index (χ3v) is 6.39. The number of hydrogen-bond acceptors (Lipinski definition) is 5. The molecule has 1 aliphatic rings. The van der Waals surface area contributed by atoms with Crippen LogP contribution in [-0.2, 0) is 11.3 Å². The molecule has 0 unspecified atom stereocenters. The third kappa shape index (κ3) is 3.47. The smallest absolute Gasteiger partial charge is 0.266 e. The third-order valence-electron chi connectivity index (χ3n) is 5.19. The highest BCUT2D eigenvalue weighted by Crippen LogP contribution is 2.28. The van der Waals surface area contributed by atoms with Crippen molar-refractivity contribution in [1.82, 2.24) is 9.55 Å². The SMILES string of the molecule is Cc1ccc(C)c(NC(=O)c2sc3ncn(C[C@@H]4CCCO4)c(=O)c3c2C)c1. The zero-order valence-electron chi connectivity index (χ0n) is 16.2. The summed E-state index contributed by atoms with van der Waals surface area (Å²) in [6, 6.07) is 5.94. The number of hydrogen-bond donors (Lipinski definition) is 1.